The van der Waals surface area contributed by atoms with Gasteiger partial charge >= 0.3 is 0 Å². The summed E-state index contributed by atoms with van der Waals surface area (Å²) in [5.74, 6) is 0. The third kappa shape index (κ3) is 3.09. The van der Waals surface area contributed by atoms with E-state index in [-0.39, 0.29) is 0 Å². The maximum Gasteiger partial charge on any atom is 0.0153 e. The Labute approximate surface area is 124 Å². The summed E-state index contributed by atoms with van der Waals surface area (Å²) in [5, 5.41) is 8.24. The first kappa shape index (κ1) is 13.3. The number of rotatable bonds is 5. The highest BCUT2D eigenvalue weighted by atomic mass is 32.1. The summed E-state index contributed by atoms with van der Waals surface area (Å²) in [4.78, 5) is 1.45. The average molecular weight is 281 g/mol. The third-order valence-electron chi connectivity index (χ3n) is 3.73. The van der Waals surface area contributed by atoms with Crippen molar-refractivity contribution in [1.29, 1.82) is 0 Å². The zero-order chi connectivity index (χ0) is 13.8. The van der Waals surface area contributed by atoms with E-state index in [4.69, 9.17) is 0 Å². The fraction of sp³-hybridized carbons (Fsp3) is 0.222. The first-order chi connectivity index (χ1) is 9.85. The molecule has 0 aliphatic rings. The second-order valence-corrected chi connectivity index (χ2v) is 6.19. The van der Waals surface area contributed by atoms with E-state index in [1.165, 1.54) is 21.2 Å². The molecule has 1 aromatic heterocycles. The lowest BCUT2D eigenvalue weighted by Crippen LogP contribution is -2.29. The van der Waals surface area contributed by atoms with Gasteiger partial charge in [-0.3, -0.25) is 0 Å². The molecule has 0 aliphatic carbocycles. The van der Waals surface area contributed by atoms with Crippen molar-refractivity contribution in [2.75, 3.05) is 7.05 Å². The molecule has 2 heteroatoms. The monoisotopic (exact) mass is 281 g/mol. The topological polar surface area (TPSA) is 12.0 Å². The molecule has 20 heavy (non-hydrogen) atoms. The Bertz CT molecular complexity index is 673. The zero-order valence-electron chi connectivity index (χ0n) is 11.7. The third-order valence-corrected chi connectivity index (χ3v) is 4.63. The van der Waals surface area contributed by atoms with Crippen molar-refractivity contribution in [3.8, 4) is 0 Å². The standard InChI is InChI=1S/C18H19NS/c1-19-17(13-18-7-4-10-20-18)12-14-8-9-15-5-2-3-6-16(15)11-14/h2-11,17,19H,12-13H2,1H3. The Balaban J connectivity index is 1.76. The highest BCUT2D eigenvalue weighted by Crippen LogP contribution is 2.18. The molecule has 1 heterocycles. The van der Waals surface area contributed by atoms with Crippen LogP contribution < -0.4 is 5.32 Å². The van der Waals surface area contributed by atoms with Gasteiger partial charge in [-0.15, -0.1) is 11.3 Å². The van der Waals surface area contributed by atoms with Crippen LogP contribution in [0.3, 0.4) is 0 Å². The van der Waals surface area contributed by atoms with Crippen LogP contribution in [0.25, 0.3) is 10.8 Å². The van der Waals surface area contributed by atoms with Crippen molar-refractivity contribution < 1.29 is 0 Å². The fourth-order valence-electron chi connectivity index (χ4n) is 2.60. The summed E-state index contributed by atoms with van der Waals surface area (Å²) in [5.41, 5.74) is 1.40. The lowest BCUT2D eigenvalue weighted by molar-refractivity contribution is 0.560. The van der Waals surface area contributed by atoms with Gasteiger partial charge in [-0.1, -0.05) is 48.5 Å². The highest BCUT2D eigenvalue weighted by molar-refractivity contribution is 7.09. The van der Waals surface area contributed by atoms with Gasteiger partial charge in [0.1, 0.15) is 0 Å². The van der Waals surface area contributed by atoms with Crippen molar-refractivity contribution in [3.05, 3.63) is 70.4 Å². The van der Waals surface area contributed by atoms with Crippen LogP contribution >= 0.6 is 11.3 Å². The molecule has 3 aromatic rings. The molecule has 1 nitrogen and oxygen atoms in total. The van der Waals surface area contributed by atoms with Crippen molar-refractivity contribution >= 4 is 22.1 Å². The van der Waals surface area contributed by atoms with Crippen LogP contribution in [0.4, 0.5) is 0 Å². The molecule has 1 atom stereocenters. The van der Waals surface area contributed by atoms with Gasteiger partial charge in [-0.05, 0) is 47.7 Å². The van der Waals surface area contributed by atoms with Crippen LogP contribution in [0, 0.1) is 0 Å². The van der Waals surface area contributed by atoms with E-state index >= 15 is 0 Å². The summed E-state index contributed by atoms with van der Waals surface area (Å²) in [6.45, 7) is 0. The number of hydrogen-bond acceptors (Lipinski definition) is 2. The maximum absolute atomic E-state index is 3.44. The van der Waals surface area contributed by atoms with Crippen molar-refractivity contribution in [2.24, 2.45) is 0 Å². The predicted octanol–water partition coefficient (Wildman–Crippen LogP) is 4.27. The second kappa shape index (κ2) is 6.21. The second-order valence-electron chi connectivity index (χ2n) is 5.15. The molecule has 0 spiro atoms. The lowest BCUT2D eigenvalue weighted by atomic mass is 10.00. The minimum absolute atomic E-state index is 0.495. The summed E-state index contributed by atoms with van der Waals surface area (Å²) < 4.78 is 0. The highest BCUT2D eigenvalue weighted by Gasteiger charge is 2.09. The Morgan fingerprint density at radius 2 is 1.80 bits per heavy atom. The number of nitrogens with one attached hydrogen (secondary N) is 1. The van der Waals surface area contributed by atoms with Crippen molar-refractivity contribution in [2.45, 2.75) is 18.9 Å². The van der Waals surface area contributed by atoms with E-state index in [0.717, 1.165) is 12.8 Å². The van der Waals surface area contributed by atoms with Crippen LogP contribution in [0.5, 0.6) is 0 Å². The van der Waals surface area contributed by atoms with Crippen LogP contribution in [-0.2, 0) is 12.8 Å². The van der Waals surface area contributed by atoms with Crippen LogP contribution in [0.1, 0.15) is 10.4 Å². The molecule has 102 valence electrons. The number of likely N-dealkylation sites (N-methyl/N-ethyl adjacent to an activating group) is 1. The van der Waals surface area contributed by atoms with Gasteiger partial charge in [0.2, 0.25) is 0 Å². The smallest absolute Gasteiger partial charge is 0.0153 e. The molecule has 1 unspecified atom stereocenters. The van der Waals surface area contributed by atoms with Gasteiger partial charge < -0.3 is 5.32 Å². The predicted molar refractivity (Wildman–Crippen MR) is 88.5 cm³/mol. The average Bonchev–Trinajstić information content (AvgIpc) is 2.99. The SMILES string of the molecule is CNC(Cc1ccc2ccccc2c1)Cc1cccs1. The summed E-state index contributed by atoms with van der Waals surface area (Å²) in [6, 6.07) is 20.2. The van der Waals surface area contributed by atoms with E-state index in [2.05, 4.69) is 72.3 Å². The van der Waals surface area contributed by atoms with Gasteiger partial charge in [-0.2, -0.15) is 0 Å². The molecule has 0 radical (unpaired) electrons. The Kier molecular flexibility index (Phi) is 4.14. The van der Waals surface area contributed by atoms with Crippen LogP contribution in [0.2, 0.25) is 0 Å². The molecule has 0 bridgehead atoms. The summed E-state index contributed by atoms with van der Waals surface area (Å²) in [6.07, 6.45) is 2.17. The molecule has 0 fully saturated rings. The van der Waals surface area contributed by atoms with E-state index in [9.17, 15) is 0 Å². The minimum Gasteiger partial charge on any atom is -0.316 e. The van der Waals surface area contributed by atoms with E-state index < -0.39 is 0 Å². The zero-order valence-corrected chi connectivity index (χ0v) is 12.5. The lowest BCUT2D eigenvalue weighted by Gasteiger charge is -2.15. The first-order valence-corrected chi connectivity index (χ1v) is 7.90. The maximum atomic E-state index is 3.44. The Morgan fingerprint density at radius 3 is 2.55 bits per heavy atom. The molecule has 3 rings (SSSR count). The molecular weight excluding hydrogens is 262 g/mol. The number of thiophene rings is 1. The van der Waals surface area contributed by atoms with Gasteiger partial charge in [0.05, 0.1) is 0 Å². The van der Waals surface area contributed by atoms with Crippen molar-refractivity contribution in [1.82, 2.24) is 5.32 Å². The molecular formula is C18H19NS. The number of benzene rings is 2. The molecule has 2 aromatic carbocycles. The molecule has 0 aliphatic heterocycles. The quantitative estimate of drug-likeness (QED) is 0.736. The first-order valence-electron chi connectivity index (χ1n) is 7.02. The minimum atomic E-state index is 0.495. The summed E-state index contributed by atoms with van der Waals surface area (Å²) in [7, 11) is 2.05. The normalized spacial score (nSPS) is 12.7. The van der Waals surface area contributed by atoms with Crippen LogP contribution in [0.15, 0.2) is 60.0 Å². The fourth-order valence-corrected chi connectivity index (χ4v) is 3.38. The largest absolute Gasteiger partial charge is 0.316 e. The van der Waals surface area contributed by atoms with E-state index in [0.29, 0.717) is 6.04 Å². The molecule has 1 N–H and O–H groups in total. The van der Waals surface area contributed by atoms with Crippen molar-refractivity contribution in [3.63, 3.8) is 0 Å². The van der Waals surface area contributed by atoms with Gasteiger partial charge in [0, 0.05) is 10.9 Å². The van der Waals surface area contributed by atoms with E-state index in [1.54, 1.807) is 0 Å². The molecule has 0 saturated carbocycles. The van der Waals surface area contributed by atoms with Gasteiger partial charge in [0.15, 0.2) is 0 Å². The molecule has 0 amide bonds. The summed E-state index contributed by atoms with van der Waals surface area (Å²) >= 11 is 1.84. The van der Waals surface area contributed by atoms with E-state index in [1.807, 2.05) is 11.3 Å². The number of fused-ring (bicyclic) bond motifs is 1. The number of hydrogen-bond donors (Lipinski definition) is 1. The molecule has 0 saturated heterocycles. The van der Waals surface area contributed by atoms with Gasteiger partial charge in [0.25, 0.3) is 0 Å². The van der Waals surface area contributed by atoms with Crippen LogP contribution in [-0.4, -0.2) is 13.1 Å². The Morgan fingerprint density at radius 1 is 0.950 bits per heavy atom. The van der Waals surface area contributed by atoms with Gasteiger partial charge in [-0.25, -0.2) is 0 Å². The Hall–Kier alpha value is -1.64.